The molecule has 0 bridgehead atoms. The van der Waals surface area contributed by atoms with Crippen LogP contribution in [-0.4, -0.2) is 19.3 Å². The Morgan fingerprint density at radius 3 is 2.50 bits per heavy atom. The number of nitrogens with zero attached hydrogens (tertiary/aromatic N) is 6. The summed E-state index contributed by atoms with van der Waals surface area (Å²) < 4.78 is 11.7. The standard InChI is InChI=1S/C3H5FN6/c4-1-3(8-10-6)2-7-9-5/h3H,1-2H2. The number of azide groups is 2. The van der Waals surface area contributed by atoms with Crippen LogP contribution in [0.3, 0.4) is 0 Å². The minimum Gasteiger partial charge on any atom is -0.251 e. The quantitative estimate of drug-likeness (QED) is 0.327. The highest BCUT2D eigenvalue weighted by Gasteiger charge is 2.01. The second-order valence-electron chi connectivity index (χ2n) is 1.43. The van der Waals surface area contributed by atoms with Crippen LogP contribution in [-0.2, 0) is 0 Å². The van der Waals surface area contributed by atoms with Gasteiger partial charge in [0.2, 0.25) is 0 Å². The van der Waals surface area contributed by atoms with Crippen molar-refractivity contribution < 1.29 is 4.39 Å². The Bertz CT molecular complexity index is 177. The average Bonchev–Trinajstić information content (AvgIpc) is 1.98. The van der Waals surface area contributed by atoms with Crippen LogP contribution in [0.15, 0.2) is 10.2 Å². The van der Waals surface area contributed by atoms with E-state index >= 15 is 0 Å². The zero-order valence-corrected chi connectivity index (χ0v) is 5.05. The van der Waals surface area contributed by atoms with Crippen molar-refractivity contribution in [1.82, 2.24) is 0 Å². The molecule has 0 heterocycles. The first-order chi connectivity index (χ1) is 4.85. The number of hydrogen-bond acceptors (Lipinski definition) is 2. The van der Waals surface area contributed by atoms with Crippen molar-refractivity contribution in [1.29, 1.82) is 0 Å². The van der Waals surface area contributed by atoms with Gasteiger partial charge in [-0.05, 0) is 11.1 Å². The molecule has 0 radical (unpaired) electrons. The lowest BCUT2D eigenvalue weighted by Crippen LogP contribution is -2.09. The second-order valence-corrected chi connectivity index (χ2v) is 1.43. The Hall–Kier alpha value is -1.45. The minimum atomic E-state index is -0.860. The molecule has 0 fully saturated rings. The fraction of sp³-hybridized carbons (Fsp3) is 1.00. The smallest absolute Gasteiger partial charge is 0.0980 e. The van der Waals surface area contributed by atoms with Crippen LogP contribution in [0.4, 0.5) is 4.39 Å². The zero-order valence-electron chi connectivity index (χ0n) is 5.05. The molecule has 0 saturated heterocycles. The van der Waals surface area contributed by atoms with Gasteiger partial charge < -0.3 is 0 Å². The van der Waals surface area contributed by atoms with Gasteiger partial charge in [0.25, 0.3) is 0 Å². The number of hydrogen-bond donors (Lipinski definition) is 0. The molecule has 0 N–H and O–H groups in total. The first-order valence-corrected chi connectivity index (χ1v) is 2.46. The van der Waals surface area contributed by atoms with E-state index in [9.17, 15) is 4.39 Å². The normalized spacial score (nSPS) is 10.9. The molecule has 10 heavy (non-hydrogen) atoms. The van der Waals surface area contributed by atoms with E-state index in [1.165, 1.54) is 0 Å². The van der Waals surface area contributed by atoms with Gasteiger partial charge in [0.1, 0.15) is 0 Å². The van der Waals surface area contributed by atoms with Gasteiger partial charge in [-0.15, -0.1) is 0 Å². The maximum absolute atomic E-state index is 11.7. The van der Waals surface area contributed by atoms with E-state index in [2.05, 4.69) is 20.1 Å². The van der Waals surface area contributed by atoms with E-state index in [1.54, 1.807) is 0 Å². The largest absolute Gasteiger partial charge is 0.251 e. The molecule has 0 aromatic heterocycles. The molecule has 0 saturated carbocycles. The third-order valence-electron chi connectivity index (χ3n) is 0.749. The molecule has 1 unspecified atom stereocenters. The Morgan fingerprint density at radius 2 is 2.10 bits per heavy atom. The van der Waals surface area contributed by atoms with Crippen molar-refractivity contribution in [3.8, 4) is 0 Å². The summed E-state index contributed by atoms with van der Waals surface area (Å²) in [6.07, 6.45) is 0. The molecule has 0 aliphatic rings. The summed E-state index contributed by atoms with van der Waals surface area (Å²) in [6.45, 7) is -0.930. The van der Waals surface area contributed by atoms with Gasteiger partial charge in [-0.25, -0.2) is 0 Å². The van der Waals surface area contributed by atoms with Crippen LogP contribution in [0.25, 0.3) is 20.9 Å². The number of halogens is 1. The first-order valence-electron chi connectivity index (χ1n) is 2.46. The molecule has 0 aliphatic carbocycles. The zero-order chi connectivity index (χ0) is 7.82. The molecule has 7 heteroatoms. The van der Waals surface area contributed by atoms with E-state index in [0.29, 0.717) is 0 Å². The van der Waals surface area contributed by atoms with Crippen molar-refractivity contribution in [3.05, 3.63) is 20.9 Å². The monoisotopic (exact) mass is 144 g/mol. The number of alkyl halides is 1. The summed E-state index contributed by atoms with van der Waals surface area (Å²) >= 11 is 0. The third-order valence-corrected chi connectivity index (χ3v) is 0.749. The lowest BCUT2D eigenvalue weighted by atomic mass is 10.4. The fourth-order valence-electron chi connectivity index (χ4n) is 0.320. The average molecular weight is 144 g/mol. The van der Waals surface area contributed by atoms with E-state index in [4.69, 9.17) is 11.1 Å². The van der Waals surface area contributed by atoms with Gasteiger partial charge in [-0.1, -0.05) is 10.2 Å². The van der Waals surface area contributed by atoms with Gasteiger partial charge >= 0.3 is 0 Å². The van der Waals surface area contributed by atoms with Crippen LogP contribution in [0.5, 0.6) is 0 Å². The van der Waals surface area contributed by atoms with E-state index in [1.807, 2.05) is 0 Å². The lowest BCUT2D eigenvalue weighted by molar-refractivity contribution is 0.432. The van der Waals surface area contributed by atoms with Gasteiger partial charge in [-0.2, -0.15) is 0 Å². The Kier molecular flexibility index (Phi) is 4.86. The van der Waals surface area contributed by atoms with Crippen molar-refractivity contribution >= 4 is 0 Å². The molecular formula is C3H5FN6. The third kappa shape index (κ3) is 3.54. The molecule has 6 nitrogen and oxygen atoms in total. The molecule has 54 valence electrons. The molecule has 0 rings (SSSR count). The van der Waals surface area contributed by atoms with Crippen LogP contribution >= 0.6 is 0 Å². The summed E-state index contributed by atoms with van der Waals surface area (Å²) in [4.78, 5) is 4.74. The summed E-state index contributed by atoms with van der Waals surface area (Å²) in [5.74, 6) is 0. The molecule has 0 spiro atoms. The van der Waals surface area contributed by atoms with Crippen LogP contribution < -0.4 is 0 Å². The molecule has 0 amide bonds. The van der Waals surface area contributed by atoms with Crippen molar-refractivity contribution in [3.63, 3.8) is 0 Å². The molecule has 0 aromatic carbocycles. The predicted molar refractivity (Wildman–Crippen MR) is 32.9 cm³/mol. The highest BCUT2D eigenvalue weighted by Crippen LogP contribution is 1.93. The Balaban J connectivity index is 3.81. The number of rotatable bonds is 4. The second kappa shape index (κ2) is 5.68. The van der Waals surface area contributed by atoms with Gasteiger partial charge in [0, 0.05) is 16.4 Å². The summed E-state index contributed by atoms with van der Waals surface area (Å²) in [5.41, 5.74) is 15.6. The fourth-order valence-corrected chi connectivity index (χ4v) is 0.320. The maximum atomic E-state index is 11.7. The minimum absolute atomic E-state index is 0.128. The molecule has 0 aliphatic heterocycles. The van der Waals surface area contributed by atoms with E-state index in [-0.39, 0.29) is 6.54 Å². The summed E-state index contributed by atoms with van der Waals surface area (Å²) in [7, 11) is 0. The predicted octanol–water partition coefficient (Wildman–Crippen LogP) is 1.95. The molecule has 0 aromatic rings. The highest BCUT2D eigenvalue weighted by atomic mass is 19.1. The molecule has 1 atom stereocenters. The SMILES string of the molecule is [N-]=[N+]=NCC(CF)N=[N+]=[N-]. The van der Waals surface area contributed by atoms with Gasteiger partial charge in [0.15, 0.2) is 0 Å². The van der Waals surface area contributed by atoms with E-state index < -0.39 is 12.7 Å². The van der Waals surface area contributed by atoms with Crippen LogP contribution in [0, 0.1) is 0 Å². The molecular weight excluding hydrogens is 139 g/mol. The maximum Gasteiger partial charge on any atom is 0.0980 e. The van der Waals surface area contributed by atoms with Gasteiger partial charge in [-0.3, -0.25) is 4.39 Å². The van der Waals surface area contributed by atoms with Crippen molar-refractivity contribution in [2.75, 3.05) is 13.2 Å². The van der Waals surface area contributed by atoms with E-state index in [0.717, 1.165) is 0 Å². The summed E-state index contributed by atoms with van der Waals surface area (Å²) in [5, 5.41) is 6.06. The van der Waals surface area contributed by atoms with Crippen LogP contribution in [0.1, 0.15) is 0 Å². The van der Waals surface area contributed by atoms with Crippen molar-refractivity contribution in [2.45, 2.75) is 6.04 Å². The Morgan fingerprint density at radius 1 is 1.40 bits per heavy atom. The van der Waals surface area contributed by atoms with Crippen LogP contribution in [0.2, 0.25) is 0 Å². The topological polar surface area (TPSA) is 97.5 Å². The van der Waals surface area contributed by atoms with Crippen molar-refractivity contribution in [2.24, 2.45) is 10.2 Å². The van der Waals surface area contributed by atoms with Gasteiger partial charge in [0.05, 0.1) is 12.7 Å². The Labute approximate surface area is 55.9 Å². The highest BCUT2D eigenvalue weighted by molar-refractivity contribution is 4.68. The lowest BCUT2D eigenvalue weighted by Gasteiger charge is -1.96. The summed E-state index contributed by atoms with van der Waals surface area (Å²) in [6, 6.07) is -0.860. The first kappa shape index (κ1) is 8.55.